The highest BCUT2D eigenvalue weighted by Crippen LogP contribution is 2.37. The Morgan fingerprint density at radius 3 is 0.929 bits per heavy atom. The minimum absolute atomic E-state index is 0.668. The van der Waals surface area contributed by atoms with Crippen molar-refractivity contribution in [2.75, 3.05) is 0 Å². The Kier molecular flexibility index (Phi) is 8.45. The molecule has 0 radical (unpaired) electrons. The van der Waals surface area contributed by atoms with Crippen molar-refractivity contribution in [1.82, 2.24) is 0 Å². The van der Waals surface area contributed by atoms with E-state index < -0.39 is 74.5 Å². The van der Waals surface area contributed by atoms with Crippen molar-refractivity contribution >= 4 is 11.9 Å². The second-order valence-corrected chi connectivity index (χ2v) is 5.11. The maximum atomic E-state index is 12.1. The van der Waals surface area contributed by atoms with Gasteiger partial charge >= 0.3 is 36.6 Å². The maximum Gasteiger partial charge on any atom is 0.434 e. The number of esters is 2. The molecular formula is C12H10F12O4. The van der Waals surface area contributed by atoms with Gasteiger partial charge in [-0.2, -0.15) is 52.7 Å². The molecule has 0 aliphatic rings. The Hall–Kier alpha value is -1.90. The molecule has 0 aliphatic heterocycles. The molecule has 0 saturated carbocycles. The molecule has 0 aromatic rings. The lowest BCUT2D eigenvalue weighted by molar-refractivity contribution is -0.314. The number of alkyl halides is 12. The van der Waals surface area contributed by atoms with E-state index in [-0.39, 0.29) is 0 Å². The molecule has 0 atom stereocenters. The van der Waals surface area contributed by atoms with Crippen molar-refractivity contribution in [2.24, 2.45) is 0 Å². The zero-order valence-electron chi connectivity index (χ0n) is 13.2. The lowest BCUT2D eigenvalue weighted by Gasteiger charge is -2.23. The van der Waals surface area contributed by atoms with Crippen molar-refractivity contribution < 1.29 is 71.7 Å². The zero-order valence-corrected chi connectivity index (χ0v) is 13.2. The van der Waals surface area contributed by atoms with Gasteiger partial charge in [0.2, 0.25) is 0 Å². The summed E-state index contributed by atoms with van der Waals surface area (Å²) in [5.41, 5.74) is 0. The van der Waals surface area contributed by atoms with Crippen LogP contribution in [0.5, 0.6) is 0 Å². The summed E-state index contributed by atoms with van der Waals surface area (Å²) >= 11 is 0. The molecular weight excluding hydrogens is 436 g/mol. The highest BCUT2D eigenvalue weighted by Gasteiger charge is 2.60. The summed E-state index contributed by atoms with van der Waals surface area (Å²) in [6.07, 6.45) is -36.2. The Balaban J connectivity index is 4.52. The van der Waals surface area contributed by atoms with E-state index >= 15 is 0 Å². The summed E-state index contributed by atoms with van der Waals surface area (Å²) in [6, 6.07) is 0. The van der Waals surface area contributed by atoms with Crippen LogP contribution in [-0.2, 0) is 19.1 Å². The molecule has 0 spiro atoms. The molecule has 0 N–H and O–H groups in total. The highest BCUT2D eigenvalue weighted by atomic mass is 19.4. The second kappa shape index (κ2) is 9.07. The second-order valence-electron chi connectivity index (χ2n) is 5.11. The van der Waals surface area contributed by atoms with Gasteiger partial charge in [0.25, 0.3) is 12.2 Å². The van der Waals surface area contributed by atoms with Gasteiger partial charge in [-0.25, -0.2) is 0 Å². The lowest BCUT2D eigenvalue weighted by atomic mass is 10.2. The van der Waals surface area contributed by atoms with Crippen molar-refractivity contribution in [3.63, 3.8) is 0 Å². The van der Waals surface area contributed by atoms with Crippen molar-refractivity contribution in [1.29, 1.82) is 0 Å². The summed E-state index contributed by atoms with van der Waals surface area (Å²) in [7, 11) is 0. The summed E-state index contributed by atoms with van der Waals surface area (Å²) in [5.74, 6) is -3.98. The highest BCUT2D eigenvalue weighted by molar-refractivity contribution is 5.71. The summed E-state index contributed by atoms with van der Waals surface area (Å²) in [4.78, 5) is 22.0. The number of carbonyl (C=O) groups is 2. The maximum absolute atomic E-state index is 12.1. The molecule has 28 heavy (non-hydrogen) atoms. The number of halogens is 12. The molecule has 0 saturated heterocycles. The zero-order chi connectivity index (χ0) is 22.6. The molecule has 0 rings (SSSR count). The first-order chi connectivity index (χ1) is 12.3. The largest absolute Gasteiger partial charge is 0.443 e. The van der Waals surface area contributed by atoms with Crippen molar-refractivity contribution in [2.45, 2.75) is 62.6 Å². The first-order valence-electron chi connectivity index (χ1n) is 6.92. The fraction of sp³-hybridized carbons (Fsp3) is 0.833. The Morgan fingerprint density at radius 1 is 0.536 bits per heavy atom. The molecule has 0 aliphatic carbocycles. The van der Waals surface area contributed by atoms with Crippen LogP contribution in [0.25, 0.3) is 0 Å². The summed E-state index contributed by atoms with van der Waals surface area (Å²) in [6.45, 7) is 0. The van der Waals surface area contributed by atoms with Crippen LogP contribution >= 0.6 is 0 Å². The van der Waals surface area contributed by atoms with Gasteiger partial charge in [-0.15, -0.1) is 0 Å². The quantitative estimate of drug-likeness (QED) is 0.326. The first-order valence-corrected chi connectivity index (χ1v) is 6.92. The van der Waals surface area contributed by atoms with Crippen LogP contribution in [0.3, 0.4) is 0 Å². The monoisotopic (exact) mass is 446 g/mol. The SMILES string of the molecule is O=C(CCCCC(=O)OC(C(F)(F)F)C(F)(F)F)OC(C(F)(F)F)C(F)(F)F. The predicted octanol–water partition coefficient (Wildman–Crippen LogP) is 4.62. The topological polar surface area (TPSA) is 52.6 Å². The average molecular weight is 446 g/mol. The van der Waals surface area contributed by atoms with Gasteiger partial charge in [-0.05, 0) is 12.8 Å². The van der Waals surface area contributed by atoms with Crippen molar-refractivity contribution in [3.8, 4) is 0 Å². The van der Waals surface area contributed by atoms with E-state index in [1.54, 1.807) is 0 Å². The van der Waals surface area contributed by atoms with Crippen LogP contribution in [-0.4, -0.2) is 48.9 Å². The van der Waals surface area contributed by atoms with E-state index in [0.29, 0.717) is 0 Å². The molecule has 0 bridgehead atoms. The molecule has 4 nitrogen and oxygen atoms in total. The third kappa shape index (κ3) is 9.34. The minimum Gasteiger partial charge on any atom is -0.443 e. The molecule has 0 fully saturated rings. The molecule has 0 aromatic carbocycles. The lowest BCUT2D eigenvalue weighted by Crippen LogP contribution is -2.45. The smallest absolute Gasteiger partial charge is 0.434 e. The summed E-state index contributed by atoms with van der Waals surface area (Å²) < 4.78 is 152. The van der Waals surface area contributed by atoms with Crippen molar-refractivity contribution in [3.05, 3.63) is 0 Å². The Morgan fingerprint density at radius 2 is 0.750 bits per heavy atom. The standard InChI is InChI=1S/C12H10F12O4/c13-9(14,15)7(10(16,17)18)27-5(25)3-1-2-4-6(26)28-8(11(19,20)21)12(22,23)24/h7-8H,1-4H2. The number of carbonyl (C=O) groups excluding carboxylic acids is 2. The van der Waals surface area contributed by atoms with Gasteiger partial charge in [0, 0.05) is 12.8 Å². The molecule has 0 heterocycles. The van der Waals surface area contributed by atoms with Crippen LogP contribution < -0.4 is 0 Å². The van der Waals surface area contributed by atoms with Gasteiger partial charge < -0.3 is 9.47 Å². The predicted molar refractivity (Wildman–Crippen MR) is 62.4 cm³/mol. The minimum atomic E-state index is -5.96. The Labute approximate surface area is 147 Å². The molecule has 0 unspecified atom stereocenters. The third-order valence-corrected chi connectivity index (χ3v) is 2.70. The molecule has 0 aromatic heterocycles. The van der Waals surface area contributed by atoms with E-state index in [2.05, 4.69) is 9.47 Å². The van der Waals surface area contributed by atoms with E-state index in [1.165, 1.54) is 0 Å². The fourth-order valence-electron chi connectivity index (χ4n) is 1.56. The number of hydrogen-bond acceptors (Lipinski definition) is 4. The summed E-state index contributed by atoms with van der Waals surface area (Å²) in [5, 5.41) is 0. The van der Waals surface area contributed by atoms with Crippen LogP contribution in [0.2, 0.25) is 0 Å². The fourth-order valence-corrected chi connectivity index (χ4v) is 1.56. The van der Waals surface area contributed by atoms with Gasteiger partial charge in [0.1, 0.15) is 0 Å². The van der Waals surface area contributed by atoms with Gasteiger partial charge in [-0.1, -0.05) is 0 Å². The third-order valence-electron chi connectivity index (χ3n) is 2.70. The van der Waals surface area contributed by atoms with E-state index in [9.17, 15) is 62.3 Å². The van der Waals surface area contributed by atoms with E-state index in [4.69, 9.17) is 0 Å². The molecule has 0 amide bonds. The van der Waals surface area contributed by atoms with E-state index in [1.807, 2.05) is 0 Å². The molecule has 16 heteroatoms. The normalized spacial score (nSPS) is 13.8. The first kappa shape index (κ1) is 26.1. The van der Waals surface area contributed by atoms with Crippen LogP contribution in [0.1, 0.15) is 25.7 Å². The van der Waals surface area contributed by atoms with E-state index in [0.717, 1.165) is 0 Å². The number of ether oxygens (including phenoxy) is 2. The van der Waals surface area contributed by atoms with Crippen LogP contribution in [0.4, 0.5) is 52.7 Å². The average Bonchev–Trinajstić information content (AvgIpc) is 2.42. The molecule has 166 valence electrons. The number of rotatable bonds is 7. The Bertz CT molecular complexity index is 455. The van der Waals surface area contributed by atoms with Gasteiger partial charge in [-0.3, -0.25) is 9.59 Å². The van der Waals surface area contributed by atoms with Gasteiger partial charge in [0.05, 0.1) is 0 Å². The number of unbranched alkanes of at least 4 members (excludes halogenated alkanes) is 1. The van der Waals surface area contributed by atoms with Crippen LogP contribution in [0, 0.1) is 0 Å². The van der Waals surface area contributed by atoms with Crippen LogP contribution in [0.15, 0.2) is 0 Å². The van der Waals surface area contributed by atoms with Gasteiger partial charge in [0.15, 0.2) is 0 Å². The number of hydrogen-bond donors (Lipinski definition) is 0.